The summed E-state index contributed by atoms with van der Waals surface area (Å²) in [5.41, 5.74) is 0. The molecule has 1 aliphatic rings. The summed E-state index contributed by atoms with van der Waals surface area (Å²) in [7, 11) is -3.87. The number of carboxylic acids is 1. The predicted molar refractivity (Wildman–Crippen MR) is 66.0 cm³/mol. The zero-order valence-corrected chi connectivity index (χ0v) is 10.9. The molecule has 1 aromatic heterocycles. The van der Waals surface area contributed by atoms with E-state index in [2.05, 4.69) is 5.92 Å². The summed E-state index contributed by atoms with van der Waals surface area (Å²) in [4.78, 5) is 10.7. The summed E-state index contributed by atoms with van der Waals surface area (Å²) in [5.74, 6) is 0.901. The van der Waals surface area contributed by atoms with Gasteiger partial charge >= 0.3 is 5.97 Å². The fraction of sp³-hybridized carbons (Fsp3) is 0.417. The molecule has 1 heterocycles. The minimum Gasteiger partial charge on any atom is -0.475 e. The lowest BCUT2D eigenvalue weighted by Crippen LogP contribution is -2.33. The molecule has 102 valence electrons. The highest BCUT2D eigenvalue weighted by Crippen LogP contribution is 2.31. The maximum atomic E-state index is 12.3. The van der Waals surface area contributed by atoms with E-state index < -0.39 is 21.8 Å². The van der Waals surface area contributed by atoms with Gasteiger partial charge < -0.3 is 9.52 Å². The van der Waals surface area contributed by atoms with Crippen molar-refractivity contribution < 1.29 is 22.7 Å². The van der Waals surface area contributed by atoms with Crippen LogP contribution in [0.15, 0.2) is 21.6 Å². The molecule has 0 aliphatic heterocycles. The van der Waals surface area contributed by atoms with Crippen LogP contribution in [0.3, 0.4) is 0 Å². The van der Waals surface area contributed by atoms with Gasteiger partial charge in [0.2, 0.25) is 10.9 Å². The van der Waals surface area contributed by atoms with Gasteiger partial charge in [0.05, 0.1) is 6.54 Å². The Labute approximate surface area is 111 Å². The van der Waals surface area contributed by atoms with Crippen molar-refractivity contribution in [1.82, 2.24) is 4.31 Å². The zero-order valence-electron chi connectivity index (χ0n) is 10.1. The first-order valence-corrected chi connectivity index (χ1v) is 7.16. The third-order valence-corrected chi connectivity index (χ3v) is 4.50. The van der Waals surface area contributed by atoms with Crippen LogP contribution < -0.4 is 0 Å². The minimum atomic E-state index is -3.87. The van der Waals surface area contributed by atoms with Gasteiger partial charge in [-0.3, -0.25) is 0 Å². The smallest absolute Gasteiger partial charge is 0.371 e. The molecule has 0 unspecified atom stereocenters. The molecule has 0 atom stereocenters. The van der Waals surface area contributed by atoms with Gasteiger partial charge in [-0.05, 0) is 30.9 Å². The van der Waals surface area contributed by atoms with Crippen molar-refractivity contribution in [3.05, 3.63) is 17.9 Å². The summed E-state index contributed by atoms with van der Waals surface area (Å²) < 4.78 is 30.5. The van der Waals surface area contributed by atoms with Crippen molar-refractivity contribution in [2.45, 2.75) is 17.9 Å². The maximum Gasteiger partial charge on any atom is 0.371 e. The SMILES string of the molecule is C#CCN(CC1CC1)S(=O)(=O)c1ccc(C(=O)O)o1. The second-order valence-corrected chi connectivity index (χ2v) is 6.24. The van der Waals surface area contributed by atoms with E-state index in [1.165, 1.54) is 0 Å². The number of aromatic carboxylic acids is 1. The lowest BCUT2D eigenvalue weighted by molar-refractivity contribution is 0.0656. The van der Waals surface area contributed by atoms with Crippen LogP contribution in [0.25, 0.3) is 0 Å². The Morgan fingerprint density at radius 2 is 2.21 bits per heavy atom. The van der Waals surface area contributed by atoms with Crippen LogP contribution in [0.2, 0.25) is 0 Å². The van der Waals surface area contributed by atoms with Gasteiger partial charge in [-0.25, -0.2) is 13.2 Å². The number of hydrogen-bond donors (Lipinski definition) is 1. The second kappa shape index (κ2) is 5.07. The van der Waals surface area contributed by atoms with E-state index in [-0.39, 0.29) is 11.6 Å². The van der Waals surface area contributed by atoms with Crippen LogP contribution in [0, 0.1) is 18.3 Å². The quantitative estimate of drug-likeness (QED) is 0.787. The fourth-order valence-corrected chi connectivity index (χ4v) is 2.98. The number of rotatable bonds is 6. The van der Waals surface area contributed by atoms with Crippen molar-refractivity contribution in [2.75, 3.05) is 13.1 Å². The first-order valence-electron chi connectivity index (χ1n) is 5.72. The molecule has 2 rings (SSSR count). The molecule has 1 saturated carbocycles. The Kier molecular flexibility index (Phi) is 3.64. The summed E-state index contributed by atoms with van der Waals surface area (Å²) in [5, 5.41) is 8.34. The molecule has 0 saturated heterocycles. The lowest BCUT2D eigenvalue weighted by Gasteiger charge is -2.17. The molecule has 1 aliphatic carbocycles. The fourth-order valence-electron chi connectivity index (χ4n) is 1.64. The Morgan fingerprint density at radius 1 is 1.53 bits per heavy atom. The van der Waals surface area contributed by atoms with Crippen LogP contribution in [-0.4, -0.2) is 36.9 Å². The Morgan fingerprint density at radius 3 is 2.68 bits per heavy atom. The number of terminal acetylenes is 1. The molecule has 0 aromatic carbocycles. The van der Waals surface area contributed by atoms with Crippen molar-refractivity contribution in [3.8, 4) is 12.3 Å². The van der Waals surface area contributed by atoms with Gasteiger partial charge in [-0.2, -0.15) is 4.31 Å². The third-order valence-electron chi connectivity index (χ3n) is 2.81. The highest BCUT2D eigenvalue weighted by atomic mass is 32.2. The number of carbonyl (C=O) groups is 1. The summed E-state index contributed by atoms with van der Waals surface area (Å²) in [6.07, 6.45) is 7.14. The molecule has 19 heavy (non-hydrogen) atoms. The highest BCUT2D eigenvalue weighted by molar-refractivity contribution is 7.89. The van der Waals surface area contributed by atoms with E-state index in [1.807, 2.05) is 0 Å². The van der Waals surface area contributed by atoms with Gasteiger partial charge in [-0.1, -0.05) is 5.92 Å². The number of sulfonamides is 1. The van der Waals surface area contributed by atoms with Crippen LogP contribution in [0.1, 0.15) is 23.4 Å². The highest BCUT2D eigenvalue weighted by Gasteiger charge is 2.33. The van der Waals surface area contributed by atoms with Gasteiger partial charge in [0.25, 0.3) is 10.0 Å². The van der Waals surface area contributed by atoms with E-state index in [4.69, 9.17) is 15.9 Å². The molecule has 0 amide bonds. The topological polar surface area (TPSA) is 87.8 Å². The molecule has 6 nitrogen and oxygen atoms in total. The summed E-state index contributed by atoms with van der Waals surface area (Å²) in [6, 6.07) is 2.25. The zero-order chi connectivity index (χ0) is 14.0. The molecular weight excluding hydrogens is 270 g/mol. The Hall–Kier alpha value is -1.78. The first-order chi connectivity index (χ1) is 8.95. The molecule has 1 fully saturated rings. The van der Waals surface area contributed by atoms with Crippen LogP contribution >= 0.6 is 0 Å². The van der Waals surface area contributed by atoms with Crippen LogP contribution in [-0.2, 0) is 10.0 Å². The largest absolute Gasteiger partial charge is 0.475 e. The van der Waals surface area contributed by atoms with E-state index in [0.29, 0.717) is 12.5 Å². The number of hydrogen-bond acceptors (Lipinski definition) is 4. The van der Waals surface area contributed by atoms with E-state index in [1.54, 1.807) is 0 Å². The van der Waals surface area contributed by atoms with Gasteiger partial charge in [-0.15, -0.1) is 6.42 Å². The lowest BCUT2D eigenvalue weighted by atomic mass is 10.4. The minimum absolute atomic E-state index is 0.0536. The molecule has 0 bridgehead atoms. The van der Waals surface area contributed by atoms with Crippen molar-refractivity contribution in [3.63, 3.8) is 0 Å². The van der Waals surface area contributed by atoms with Gasteiger partial charge in [0.15, 0.2) is 0 Å². The maximum absolute atomic E-state index is 12.3. The average Bonchev–Trinajstić information content (AvgIpc) is 3.01. The van der Waals surface area contributed by atoms with Crippen molar-refractivity contribution in [2.24, 2.45) is 5.92 Å². The number of nitrogens with zero attached hydrogens (tertiary/aromatic N) is 1. The average molecular weight is 283 g/mol. The summed E-state index contributed by atoms with van der Waals surface area (Å²) >= 11 is 0. The molecule has 0 spiro atoms. The third kappa shape index (κ3) is 2.97. The Bertz CT molecular complexity index is 621. The molecule has 7 heteroatoms. The first kappa shape index (κ1) is 13.6. The van der Waals surface area contributed by atoms with Gasteiger partial charge in [0.1, 0.15) is 0 Å². The molecular formula is C12H13NO5S. The van der Waals surface area contributed by atoms with E-state index >= 15 is 0 Å². The van der Waals surface area contributed by atoms with E-state index in [0.717, 1.165) is 29.3 Å². The van der Waals surface area contributed by atoms with Gasteiger partial charge in [0, 0.05) is 6.54 Å². The molecule has 1 N–H and O–H groups in total. The molecule has 0 radical (unpaired) electrons. The van der Waals surface area contributed by atoms with Crippen LogP contribution in [0.5, 0.6) is 0 Å². The van der Waals surface area contributed by atoms with Crippen molar-refractivity contribution in [1.29, 1.82) is 0 Å². The monoisotopic (exact) mass is 283 g/mol. The normalized spacial score (nSPS) is 15.4. The van der Waals surface area contributed by atoms with E-state index in [9.17, 15) is 13.2 Å². The predicted octanol–water partition coefficient (Wildman–Crippen LogP) is 1.01. The van der Waals surface area contributed by atoms with Crippen molar-refractivity contribution >= 4 is 16.0 Å². The standard InChI is InChI=1S/C12H13NO5S/c1-2-7-13(8-9-3-4-9)19(16,17)11-6-5-10(18-11)12(14)15/h1,5-6,9H,3-4,7-8H2,(H,14,15). The second-order valence-electron chi connectivity index (χ2n) is 4.37. The Balaban J connectivity index is 2.26. The number of carboxylic acid groups (broad SMARTS) is 1. The van der Waals surface area contributed by atoms with Crippen LogP contribution in [0.4, 0.5) is 0 Å². The summed E-state index contributed by atoms with van der Waals surface area (Å²) in [6.45, 7) is 0.289. The molecule has 1 aromatic rings. The number of furan rings is 1.